The Balaban J connectivity index is 1.66. The Kier molecular flexibility index (Phi) is 12.1. The van der Waals surface area contributed by atoms with Crippen LogP contribution in [-0.4, -0.2) is 46.5 Å². The summed E-state index contributed by atoms with van der Waals surface area (Å²) in [7, 11) is 0. The number of aromatic nitrogens is 1. The van der Waals surface area contributed by atoms with Gasteiger partial charge in [0.1, 0.15) is 6.54 Å². The SMILES string of the molecule is CCc1cn(CC(=O)N(CCN(CC)CC)Cc2ccc(-c3ccccc3)c(C(F)(F)F)c2)c(CCc2cccc(F)c2F)cc1=O. The summed E-state index contributed by atoms with van der Waals surface area (Å²) in [5.74, 6) is -2.27. The van der Waals surface area contributed by atoms with E-state index in [-0.39, 0.29) is 54.9 Å². The fourth-order valence-corrected chi connectivity index (χ4v) is 5.65. The van der Waals surface area contributed by atoms with Crippen LogP contribution < -0.4 is 5.43 Å². The predicted molar refractivity (Wildman–Crippen MR) is 174 cm³/mol. The number of rotatable bonds is 14. The average molecular weight is 654 g/mol. The topological polar surface area (TPSA) is 45.6 Å². The van der Waals surface area contributed by atoms with Gasteiger partial charge >= 0.3 is 6.18 Å². The van der Waals surface area contributed by atoms with E-state index in [1.807, 2.05) is 20.8 Å². The molecular weight excluding hydrogens is 613 g/mol. The number of likely N-dealkylation sites (N-methyl/N-ethyl adjacent to an activating group) is 1. The van der Waals surface area contributed by atoms with E-state index in [0.717, 1.165) is 25.2 Å². The van der Waals surface area contributed by atoms with Crippen LogP contribution in [0.3, 0.4) is 0 Å². The largest absolute Gasteiger partial charge is 0.417 e. The summed E-state index contributed by atoms with van der Waals surface area (Å²) >= 11 is 0. The number of benzene rings is 3. The van der Waals surface area contributed by atoms with Crippen molar-refractivity contribution >= 4 is 5.91 Å². The monoisotopic (exact) mass is 653 g/mol. The summed E-state index contributed by atoms with van der Waals surface area (Å²) < 4.78 is 72.7. The smallest absolute Gasteiger partial charge is 0.342 e. The first-order chi connectivity index (χ1) is 22.4. The molecule has 0 saturated heterocycles. The number of amides is 1. The maximum atomic E-state index is 14.4. The number of aryl methyl sites for hydroxylation is 3. The first kappa shape index (κ1) is 35.5. The molecule has 0 N–H and O–H groups in total. The van der Waals surface area contributed by atoms with Crippen molar-refractivity contribution in [3.8, 4) is 11.1 Å². The lowest BCUT2D eigenvalue weighted by molar-refractivity contribution is -0.137. The van der Waals surface area contributed by atoms with Crippen molar-refractivity contribution in [2.45, 2.75) is 59.3 Å². The molecule has 0 saturated carbocycles. The number of carbonyl (C=O) groups is 1. The zero-order valence-corrected chi connectivity index (χ0v) is 26.9. The number of hydrogen-bond donors (Lipinski definition) is 0. The number of carbonyl (C=O) groups excluding carboxylic acids is 1. The van der Waals surface area contributed by atoms with E-state index in [0.29, 0.717) is 35.3 Å². The van der Waals surface area contributed by atoms with Gasteiger partial charge in [-0.2, -0.15) is 13.2 Å². The van der Waals surface area contributed by atoms with Crippen LogP contribution in [0.5, 0.6) is 0 Å². The van der Waals surface area contributed by atoms with Crippen molar-refractivity contribution in [2.75, 3.05) is 26.2 Å². The first-order valence-electron chi connectivity index (χ1n) is 15.9. The van der Waals surface area contributed by atoms with Crippen molar-refractivity contribution < 1.29 is 26.7 Å². The van der Waals surface area contributed by atoms with Crippen molar-refractivity contribution in [3.05, 3.63) is 129 Å². The maximum Gasteiger partial charge on any atom is 0.417 e. The lowest BCUT2D eigenvalue weighted by Gasteiger charge is -2.28. The van der Waals surface area contributed by atoms with Gasteiger partial charge in [0.15, 0.2) is 17.1 Å². The van der Waals surface area contributed by atoms with Gasteiger partial charge in [0.25, 0.3) is 0 Å². The second kappa shape index (κ2) is 16.0. The predicted octanol–water partition coefficient (Wildman–Crippen LogP) is 7.53. The lowest BCUT2D eigenvalue weighted by Crippen LogP contribution is -2.40. The molecule has 1 amide bonds. The van der Waals surface area contributed by atoms with E-state index in [1.165, 1.54) is 29.2 Å². The number of halogens is 5. The van der Waals surface area contributed by atoms with Crippen LogP contribution in [-0.2, 0) is 43.3 Å². The van der Waals surface area contributed by atoms with Crippen LogP contribution in [0, 0.1) is 11.6 Å². The number of alkyl halides is 3. The summed E-state index contributed by atoms with van der Waals surface area (Å²) in [6, 6.07) is 17.8. The van der Waals surface area contributed by atoms with Gasteiger partial charge in [0.05, 0.1) is 5.56 Å². The highest BCUT2D eigenvalue weighted by atomic mass is 19.4. The minimum Gasteiger partial charge on any atom is -0.342 e. The summed E-state index contributed by atoms with van der Waals surface area (Å²) in [5, 5.41) is 0. The molecule has 0 aliphatic heterocycles. The van der Waals surface area contributed by atoms with Crippen LogP contribution in [0.15, 0.2) is 83.8 Å². The summed E-state index contributed by atoms with van der Waals surface area (Å²) in [5.41, 5.74) is 0.939. The third kappa shape index (κ3) is 9.16. The highest BCUT2D eigenvalue weighted by Gasteiger charge is 2.34. The molecule has 0 aliphatic carbocycles. The second-order valence-electron chi connectivity index (χ2n) is 11.4. The minimum atomic E-state index is -4.61. The Labute approximate surface area is 272 Å². The van der Waals surface area contributed by atoms with Gasteiger partial charge in [0, 0.05) is 43.2 Å². The molecule has 0 atom stereocenters. The Morgan fingerprint density at radius 3 is 2.21 bits per heavy atom. The molecule has 4 aromatic rings. The molecule has 0 unspecified atom stereocenters. The molecule has 10 heteroatoms. The molecule has 1 aromatic heterocycles. The molecule has 0 spiro atoms. The summed E-state index contributed by atoms with van der Waals surface area (Å²) in [4.78, 5) is 30.4. The van der Waals surface area contributed by atoms with Gasteiger partial charge in [-0.3, -0.25) is 9.59 Å². The zero-order valence-electron chi connectivity index (χ0n) is 26.9. The molecule has 5 nitrogen and oxygen atoms in total. The molecule has 0 radical (unpaired) electrons. The highest BCUT2D eigenvalue weighted by Crippen LogP contribution is 2.38. The van der Waals surface area contributed by atoms with Crippen LogP contribution in [0.2, 0.25) is 0 Å². The van der Waals surface area contributed by atoms with Gasteiger partial charge in [-0.1, -0.05) is 75.4 Å². The van der Waals surface area contributed by atoms with Gasteiger partial charge in [-0.05, 0) is 66.7 Å². The highest BCUT2D eigenvalue weighted by molar-refractivity contribution is 5.76. The first-order valence-corrected chi connectivity index (χ1v) is 15.9. The molecule has 47 heavy (non-hydrogen) atoms. The standard InChI is InChI=1S/C37H40F5N3O2/c1-4-27-24-45(30(22-34(27)46)17-16-29-13-10-14-33(38)36(29)39)25-35(47)44(20-19-43(5-2)6-3)23-26-15-18-31(28-11-8-7-9-12-28)32(21-26)37(40,41)42/h7-15,18,21-22,24H,4-6,16-17,19-20,23,25H2,1-3H3. The number of nitrogens with zero attached hydrogens (tertiary/aromatic N) is 3. The van der Waals surface area contributed by atoms with E-state index >= 15 is 0 Å². The summed E-state index contributed by atoms with van der Waals surface area (Å²) in [6.45, 7) is 7.84. The third-order valence-corrected chi connectivity index (χ3v) is 8.44. The van der Waals surface area contributed by atoms with Crippen LogP contribution in [0.25, 0.3) is 11.1 Å². The molecule has 0 fully saturated rings. The molecule has 0 aliphatic rings. The quantitative estimate of drug-likeness (QED) is 0.132. The third-order valence-electron chi connectivity index (χ3n) is 8.44. The fourth-order valence-electron chi connectivity index (χ4n) is 5.65. The van der Waals surface area contributed by atoms with E-state index < -0.39 is 23.4 Å². The molecule has 250 valence electrons. The Morgan fingerprint density at radius 1 is 0.830 bits per heavy atom. The van der Waals surface area contributed by atoms with E-state index in [4.69, 9.17) is 0 Å². The Morgan fingerprint density at radius 2 is 1.55 bits per heavy atom. The van der Waals surface area contributed by atoms with Crippen molar-refractivity contribution in [1.29, 1.82) is 0 Å². The molecule has 0 bridgehead atoms. The number of pyridine rings is 1. The molecule has 1 heterocycles. The van der Waals surface area contributed by atoms with Gasteiger partial charge < -0.3 is 14.4 Å². The van der Waals surface area contributed by atoms with Crippen molar-refractivity contribution in [2.24, 2.45) is 0 Å². The zero-order chi connectivity index (χ0) is 34.1. The molecule has 4 rings (SSSR count). The maximum absolute atomic E-state index is 14.4. The average Bonchev–Trinajstić information content (AvgIpc) is 3.06. The minimum absolute atomic E-state index is 0.0527. The normalized spacial score (nSPS) is 11.7. The van der Waals surface area contributed by atoms with Gasteiger partial charge in [-0.25, -0.2) is 8.78 Å². The van der Waals surface area contributed by atoms with Gasteiger partial charge in [0.2, 0.25) is 5.91 Å². The van der Waals surface area contributed by atoms with Crippen LogP contribution in [0.1, 0.15) is 48.7 Å². The van der Waals surface area contributed by atoms with E-state index in [2.05, 4.69) is 4.90 Å². The molecular formula is C37H40F5N3O2. The van der Waals surface area contributed by atoms with Gasteiger partial charge in [-0.15, -0.1) is 0 Å². The lowest BCUT2D eigenvalue weighted by atomic mass is 9.97. The second-order valence-corrected chi connectivity index (χ2v) is 11.4. The summed E-state index contributed by atoms with van der Waals surface area (Å²) in [6.07, 6.45) is -2.31. The van der Waals surface area contributed by atoms with Crippen molar-refractivity contribution in [3.63, 3.8) is 0 Å². The molecule has 3 aromatic carbocycles. The number of hydrogen-bond acceptors (Lipinski definition) is 3. The fraction of sp³-hybridized carbons (Fsp3) is 0.351. The van der Waals surface area contributed by atoms with E-state index in [1.54, 1.807) is 47.2 Å². The Hall–Kier alpha value is -4.31. The Bertz CT molecular complexity index is 1720. The van der Waals surface area contributed by atoms with Crippen molar-refractivity contribution in [1.82, 2.24) is 14.4 Å². The van der Waals surface area contributed by atoms with E-state index in [9.17, 15) is 31.5 Å². The van der Waals surface area contributed by atoms with Crippen LogP contribution >= 0.6 is 0 Å². The van der Waals surface area contributed by atoms with Crippen LogP contribution in [0.4, 0.5) is 22.0 Å².